The van der Waals surface area contributed by atoms with Crippen LogP contribution >= 0.6 is 23.8 Å². The second kappa shape index (κ2) is 5.63. The normalized spacial score (nSPS) is 13.8. The van der Waals surface area contributed by atoms with Crippen molar-refractivity contribution >= 4 is 40.4 Å². The summed E-state index contributed by atoms with van der Waals surface area (Å²) in [4.78, 5) is 12.1. The Morgan fingerprint density at radius 1 is 1.61 bits per heavy atom. The molecule has 1 unspecified atom stereocenters. The number of amides is 1. The molecule has 98 valence electrons. The number of nitrogens with two attached hydrogens (primary N) is 1. The number of carbonyl (C=O) groups excluding carboxylic acids is 1. The van der Waals surface area contributed by atoms with Crippen LogP contribution in [0.25, 0.3) is 0 Å². The first-order chi connectivity index (χ1) is 8.31. The summed E-state index contributed by atoms with van der Waals surface area (Å²) >= 11 is 10.5. The molecule has 0 aliphatic heterocycles. The molecule has 6 heteroatoms. The van der Waals surface area contributed by atoms with Crippen LogP contribution in [0.2, 0.25) is 5.02 Å². The van der Waals surface area contributed by atoms with Gasteiger partial charge in [-0.05, 0) is 31.5 Å². The maximum atomic E-state index is 13.5. The average Bonchev–Trinajstić information content (AvgIpc) is 2.31. The first-order valence-electron chi connectivity index (χ1n) is 5.37. The lowest BCUT2D eigenvalue weighted by Crippen LogP contribution is -2.43. The Morgan fingerprint density at radius 3 is 2.67 bits per heavy atom. The molecule has 0 aromatic heterocycles. The smallest absolute Gasteiger partial charge is 0.237 e. The summed E-state index contributed by atoms with van der Waals surface area (Å²) < 4.78 is 13.5. The Morgan fingerprint density at radius 2 is 2.22 bits per heavy atom. The molecular weight excluding hydrogens is 275 g/mol. The molecule has 1 aromatic rings. The van der Waals surface area contributed by atoms with E-state index in [9.17, 15) is 9.18 Å². The van der Waals surface area contributed by atoms with Gasteiger partial charge < -0.3 is 11.1 Å². The molecule has 0 spiro atoms. The van der Waals surface area contributed by atoms with E-state index in [4.69, 9.17) is 29.6 Å². The Hall–Kier alpha value is -1.20. The van der Waals surface area contributed by atoms with E-state index in [0.29, 0.717) is 6.42 Å². The van der Waals surface area contributed by atoms with Gasteiger partial charge in [-0.25, -0.2) is 4.39 Å². The van der Waals surface area contributed by atoms with Gasteiger partial charge in [0.25, 0.3) is 0 Å². The number of hydrogen-bond donors (Lipinski definition) is 2. The van der Waals surface area contributed by atoms with E-state index in [2.05, 4.69) is 5.32 Å². The first kappa shape index (κ1) is 14.9. The van der Waals surface area contributed by atoms with E-state index >= 15 is 0 Å². The lowest BCUT2D eigenvalue weighted by molar-refractivity contribution is -0.121. The average molecular weight is 289 g/mol. The van der Waals surface area contributed by atoms with Crippen molar-refractivity contribution in [2.75, 3.05) is 5.32 Å². The Balaban J connectivity index is 2.97. The monoisotopic (exact) mass is 288 g/mol. The largest absolute Gasteiger partial charge is 0.392 e. The first-order valence-corrected chi connectivity index (χ1v) is 6.16. The van der Waals surface area contributed by atoms with Gasteiger partial charge in [0.05, 0.1) is 16.1 Å². The van der Waals surface area contributed by atoms with E-state index in [-0.39, 0.29) is 15.7 Å². The van der Waals surface area contributed by atoms with Crippen molar-refractivity contribution in [1.82, 2.24) is 0 Å². The predicted molar refractivity (Wildman–Crippen MR) is 75.2 cm³/mol. The van der Waals surface area contributed by atoms with Crippen LogP contribution in [0.5, 0.6) is 0 Å². The fourth-order valence-corrected chi connectivity index (χ4v) is 1.69. The molecule has 0 saturated carbocycles. The molecule has 0 radical (unpaired) electrons. The molecular formula is C12H14ClFN2OS. The fraction of sp³-hybridized carbons (Fsp3) is 0.333. The van der Waals surface area contributed by atoms with Crippen LogP contribution in [-0.2, 0) is 4.79 Å². The van der Waals surface area contributed by atoms with Crippen LogP contribution in [0.15, 0.2) is 18.2 Å². The van der Waals surface area contributed by atoms with Crippen molar-refractivity contribution in [2.45, 2.75) is 20.3 Å². The topological polar surface area (TPSA) is 55.1 Å². The van der Waals surface area contributed by atoms with Crippen LogP contribution in [0, 0.1) is 11.2 Å². The van der Waals surface area contributed by atoms with Crippen LogP contribution < -0.4 is 11.1 Å². The number of nitrogens with one attached hydrogen (secondary N) is 1. The SMILES string of the molecule is CCC(C)(C(=O)Nc1ccc(Cl)cc1F)C(N)=S. The van der Waals surface area contributed by atoms with Gasteiger partial charge in [-0.15, -0.1) is 0 Å². The van der Waals surface area contributed by atoms with Gasteiger partial charge in [0.15, 0.2) is 0 Å². The number of thiocarbonyl (C=S) groups is 1. The van der Waals surface area contributed by atoms with Gasteiger partial charge >= 0.3 is 0 Å². The third-order valence-corrected chi connectivity index (χ3v) is 3.62. The standard InChI is InChI=1S/C12H14ClFN2OS/c1-3-12(2,10(15)18)11(17)16-9-5-4-7(13)6-8(9)14/h4-6H,3H2,1-2H3,(H2,15,18)(H,16,17). The van der Waals surface area contributed by atoms with Gasteiger partial charge in [-0.1, -0.05) is 30.7 Å². The lowest BCUT2D eigenvalue weighted by Gasteiger charge is -2.25. The van der Waals surface area contributed by atoms with Crippen molar-refractivity contribution in [3.8, 4) is 0 Å². The summed E-state index contributed by atoms with van der Waals surface area (Å²) in [6.07, 6.45) is 0.434. The van der Waals surface area contributed by atoms with Gasteiger partial charge in [-0.3, -0.25) is 4.79 Å². The molecule has 18 heavy (non-hydrogen) atoms. The third kappa shape index (κ3) is 2.97. The van der Waals surface area contributed by atoms with Crippen LogP contribution in [-0.4, -0.2) is 10.9 Å². The zero-order valence-electron chi connectivity index (χ0n) is 10.1. The highest BCUT2D eigenvalue weighted by Gasteiger charge is 2.34. The number of halogens is 2. The third-order valence-electron chi connectivity index (χ3n) is 2.93. The summed E-state index contributed by atoms with van der Waals surface area (Å²) in [5, 5.41) is 2.73. The van der Waals surface area contributed by atoms with Crippen LogP contribution in [0.4, 0.5) is 10.1 Å². The minimum atomic E-state index is -0.999. The molecule has 0 saturated heterocycles. The lowest BCUT2D eigenvalue weighted by atomic mass is 9.86. The number of rotatable bonds is 4. The minimum absolute atomic E-state index is 0.0559. The molecule has 0 aliphatic carbocycles. The van der Waals surface area contributed by atoms with E-state index in [1.807, 2.05) is 0 Å². The highest BCUT2D eigenvalue weighted by molar-refractivity contribution is 7.80. The minimum Gasteiger partial charge on any atom is -0.392 e. The van der Waals surface area contributed by atoms with Crippen LogP contribution in [0.3, 0.4) is 0 Å². The zero-order chi connectivity index (χ0) is 13.9. The summed E-state index contributed by atoms with van der Waals surface area (Å²) in [6, 6.07) is 4.01. The highest BCUT2D eigenvalue weighted by Crippen LogP contribution is 2.26. The van der Waals surface area contributed by atoms with E-state index in [1.54, 1.807) is 13.8 Å². The maximum Gasteiger partial charge on any atom is 0.237 e. The second-order valence-electron chi connectivity index (χ2n) is 4.13. The molecule has 1 aromatic carbocycles. The summed E-state index contributed by atoms with van der Waals surface area (Å²) in [5.74, 6) is -1.03. The molecule has 0 heterocycles. The molecule has 1 rings (SSSR count). The molecule has 0 aliphatic rings. The van der Waals surface area contributed by atoms with Crippen molar-refractivity contribution < 1.29 is 9.18 Å². The number of anilines is 1. The summed E-state index contributed by atoms with van der Waals surface area (Å²) in [6.45, 7) is 3.41. The van der Waals surface area contributed by atoms with Crippen molar-refractivity contribution in [2.24, 2.45) is 11.1 Å². The molecule has 0 bridgehead atoms. The quantitative estimate of drug-likeness (QED) is 0.837. The van der Waals surface area contributed by atoms with E-state index in [0.717, 1.165) is 6.07 Å². The van der Waals surface area contributed by atoms with E-state index < -0.39 is 17.1 Å². The molecule has 1 amide bonds. The Labute approximate surface area is 115 Å². The van der Waals surface area contributed by atoms with Crippen molar-refractivity contribution in [3.05, 3.63) is 29.0 Å². The number of hydrogen-bond acceptors (Lipinski definition) is 2. The highest BCUT2D eigenvalue weighted by atomic mass is 35.5. The Kier molecular flexibility index (Phi) is 4.65. The maximum absolute atomic E-state index is 13.5. The van der Waals surface area contributed by atoms with Gasteiger partial charge in [0.2, 0.25) is 5.91 Å². The second-order valence-corrected chi connectivity index (χ2v) is 5.00. The van der Waals surface area contributed by atoms with Gasteiger partial charge in [0, 0.05) is 5.02 Å². The van der Waals surface area contributed by atoms with Crippen LogP contribution in [0.1, 0.15) is 20.3 Å². The van der Waals surface area contributed by atoms with Crippen molar-refractivity contribution in [1.29, 1.82) is 0 Å². The summed E-state index contributed by atoms with van der Waals surface area (Å²) in [7, 11) is 0. The molecule has 3 N–H and O–H groups in total. The molecule has 3 nitrogen and oxygen atoms in total. The predicted octanol–water partition coefficient (Wildman–Crippen LogP) is 3.12. The zero-order valence-corrected chi connectivity index (χ0v) is 11.7. The summed E-state index contributed by atoms with van der Waals surface area (Å²) in [5.41, 5.74) is 4.61. The van der Waals surface area contributed by atoms with Gasteiger partial charge in [-0.2, -0.15) is 0 Å². The van der Waals surface area contributed by atoms with Crippen molar-refractivity contribution in [3.63, 3.8) is 0 Å². The Bertz CT molecular complexity index is 495. The number of carbonyl (C=O) groups is 1. The fourth-order valence-electron chi connectivity index (χ4n) is 1.30. The molecule has 0 fully saturated rings. The van der Waals surface area contributed by atoms with Gasteiger partial charge in [0.1, 0.15) is 5.82 Å². The number of benzene rings is 1. The molecule has 1 atom stereocenters. The van der Waals surface area contributed by atoms with E-state index in [1.165, 1.54) is 12.1 Å².